The van der Waals surface area contributed by atoms with E-state index in [9.17, 15) is 9.36 Å². The Morgan fingerprint density at radius 3 is 2.65 bits per heavy atom. The van der Waals surface area contributed by atoms with Crippen molar-refractivity contribution in [1.82, 2.24) is 0 Å². The lowest BCUT2D eigenvalue weighted by atomic mass is 10.1. The lowest BCUT2D eigenvalue weighted by Crippen LogP contribution is -1.98. The fourth-order valence-corrected chi connectivity index (χ4v) is 2.38. The summed E-state index contributed by atoms with van der Waals surface area (Å²) >= 11 is 0. The van der Waals surface area contributed by atoms with Crippen LogP contribution in [0.3, 0.4) is 0 Å². The predicted octanol–water partition coefficient (Wildman–Crippen LogP) is 1.78. The molecule has 6 heteroatoms. The second-order valence-electron chi connectivity index (χ2n) is 3.90. The molecule has 17 heavy (non-hydrogen) atoms. The summed E-state index contributed by atoms with van der Waals surface area (Å²) in [5.41, 5.74) is 1.10. The highest BCUT2D eigenvalue weighted by atomic mass is 31.2. The number of fused-ring (bicyclic) bond motifs is 1. The summed E-state index contributed by atoms with van der Waals surface area (Å²) in [6, 6.07) is 6.18. The highest BCUT2D eigenvalue weighted by molar-refractivity contribution is 7.50. The average molecular weight is 254 g/mol. The summed E-state index contributed by atoms with van der Waals surface area (Å²) in [6.45, 7) is 1.78. The molecule has 0 aliphatic carbocycles. The molecular weight excluding hydrogens is 243 g/mol. The second kappa shape index (κ2) is 4.11. The molecule has 0 spiro atoms. The maximum absolute atomic E-state index is 11.2. The molecule has 0 amide bonds. The zero-order valence-corrected chi connectivity index (χ0v) is 9.98. The standard InChI is InChI=1S/C11H11O5P/c1-7-4-11(12)16-10-5-8(2-3-9(7)10)6-17(13,14)15/h2-5H,6H2,1H3,(H2,13,14,15). The summed E-state index contributed by atoms with van der Waals surface area (Å²) < 4.78 is 15.9. The highest BCUT2D eigenvalue weighted by Gasteiger charge is 2.14. The number of benzene rings is 1. The molecule has 0 unspecified atom stereocenters. The summed E-state index contributed by atoms with van der Waals surface area (Å²) in [7, 11) is -4.11. The van der Waals surface area contributed by atoms with Crippen LogP contribution in [0.4, 0.5) is 0 Å². The van der Waals surface area contributed by atoms with Crippen LogP contribution in [0.5, 0.6) is 0 Å². The Kier molecular flexibility index (Phi) is 2.91. The Morgan fingerprint density at radius 2 is 2.00 bits per heavy atom. The largest absolute Gasteiger partial charge is 0.423 e. The summed E-state index contributed by atoms with van der Waals surface area (Å²) in [4.78, 5) is 28.9. The molecule has 1 heterocycles. The molecule has 2 rings (SSSR count). The van der Waals surface area contributed by atoms with Gasteiger partial charge in [-0.1, -0.05) is 12.1 Å². The van der Waals surface area contributed by atoms with Gasteiger partial charge in [0, 0.05) is 11.5 Å². The maximum Gasteiger partial charge on any atom is 0.336 e. The van der Waals surface area contributed by atoms with E-state index in [-0.39, 0.29) is 6.16 Å². The van der Waals surface area contributed by atoms with E-state index in [1.54, 1.807) is 19.1 Å². The van der Waals surface area contributed by atoms with E-state index in [1.807, 2.05) is 0 Å². The molecule has 90 valence electrons. The Labute approximate surface area is 96.9 Å². The van der Waals surface area contributed by atoms with Crippen molar-refractivity contribution >= 4 is 18.6 Å². The van der Waals surface area contributed by atoms with Gasteiger partial charge in [0.15, 0.2) is 0 Å². The van der Waals surface area contributed by atoms with Gasteiger partial charge >= 0.3 is 13.2 Å². The van der Waals surface area contributed by atoms with Gasteiger partial charge in [0.05, 0.1) is 6.16 Å². The summed E-state index contributed by atoms with van der Waals surface area (Å²) in [5, 5.41) is 0.763. The third kappa shape index (κ3) is 2.82. The quantitative estimate of drug-likeness (QED) is 0.630. The van der Waals surface area contributed by atoms with E-state index in [0.717, 1.165) is 10.9 Å². The van der Waals surface area contributed by atoms with Gasteiger partial charge in [-0.15, -0.1) is 0 Å². The normalized spacial score (nSPS) is 11.9. The molecule has 0 saturated carbocycles. The van der Waals surface area contributed by atoms with Gasteiger partial charge in [-0.25, -0.2) is 4.79 Å². The van der Waals surface area contributed by atoms with E-state index >= 15 is 0 Å². The Bertz CT molecular complexity index is 667. The van der Waals surface area contributed by atoms with Crippen molar-refractivity contribution in [3.8, 4) is 0 Å². The molecule has 5 nitrogen and oxygen atoms in total. The Morgan fingerprint density at radius 1 is 1.29 bits per heavy atom. The van der Waals surface area contributed by atoms with E-state index in [1.165, 1.54) is 12.1 Å². The molecular formula is C11H11O5P. The van der Waals surface area contributed by atoms with Gasteiger partial charge in [-0.2, -0.15) is 0 Å². The average Bonchev–Trinajstić information content (AvgIpc) is 2.13. The first kappa shape index (κ1) is 12.0. The van der Waals surface area contributed by atoms with Crippen LogP contribution in [0.25, 0.3) is 11.0 Å². The van der Waals surface area contributed by atoms with Crippen molar-refractivity contribution in [2.45, 2.75) is 13.1 Å². The molecule has 0 aliphatic heterocycles. The molecule has 0 bridgehead atoms. The van der Waals surface area contributed by atoms with Gasteiger partial charge in [-0.05, 0) is 24.1 Å². The topological polar surface area (TPSA) is 87.7 Å². The summed E-state index contributed by atoms with van der Waals surface area (Å²) in [6.07, 6.45) is -0.361. The lowest BCUT2D eigenvalue weighted by Gasteiger charge is -2.05. The van der Waals surface area contributed by atoms with Crippen LogP contribution in [0, 0.1) is 6.92 Å². The van der Waals surface area contributed by atoms with Crippen LogP contribution in [0.2, 0.25) is 0 Å². The number of aryl methyl sites for hydroxylation is 1. The van der Waals surface area contributed by atoms with Crippen molar-refractivity contribution in [3.63, 3.8) is 0 Å². The molecule has 1 aromatic heterocycles. The van der Waals surface area contributed by atoms with Gasteiger partial charge in [-0.3, -0.25) is 4.57 Å². The van der Waals surface area contributed by atoms with Crippen molar-refractivity contribution in [2.24, 2.45) is 0 Å². The molecule has 2 N–H and O–H groups in total. The van der Waals surface area contributed by atoms with Crippen LogP contribution < -0.4 is 5.63 Å². The van der Waals surface area contributed by atoms with Crippen LogP contribution >= 0.6 is 7.60 Å². The smallest absolute Gasteiger partial charge is 0.336 e. The zero-order valence-electron chi connectivity index (χ0n) is 9.08. The minimum absolute atomic E-state index is 0.348. The highest BCUT2D eigenvalue weighted by Crippen LogP contribution is 2.39. The first-order valence-electron chi connectivity index (χ1n) is 4.93. The number of rotatable bonds is 2. The third-order valence-electron chi connectivity index (χ3n) is 2.40. The summed E-state index contributed by atoms with van der Waals surface area (Å²) in [5.74, 6) is 0. The lowest BCUT2D eigenvalue weighted by molar-refractivity contribution is 0.372. The SMILES string of the molecule is Cc1cc(=O)oc2cc(CP(=O)(O)O)ccc12. The van der Waals surface area contributed by atoms with Crippen molar-refractivity contribution in [1.29, 1.82) is 0 Å². The van der Waals surface area contributed by atoms with Crippen LogP contribution in [0.15, 0.2) is 33.5 Å². The zero-order chi connectivity index (χ0) is 12.6. The van der Waals surface area contributed by atoms with Gasteiger partial charge in [0.25, 0.3) is 0 Å². The second-order valence-corrected chi connectivity index (χ2v) is 5.55. The van der Waals surface area contributed by atoms with E-state index in [2.05, 4.69) is 0 Å². The fraction of sp³-hybridized carbons (Fsp3) is 0.182. The van der Waals surface area contributed by atoms with Crippen molar-refractivity contribution in [3.05, 3.63) is 45.8 Å². The van der Waals surface area contributed by atoms with Crippen molar-refractivity contribution < 1.29 is 18.8 Å². The van der Waals surface area contributed by atoms with E-state index in [4.69, 9.17) is 14.2 Å². The molecule has 1 aromatic carbocycles. The van der Waals surface area contributed by atoms with Gasteiger partial charge in [0.1, 0.15) is 5.58 Å². The fourth-order valence-electron chi connectivity index (χ4n) is 1.71. The predicted molar refractivity (Wildman–Crippen MR) is 63.0 cm³/mol. The van der Waals surface area contributed by atoms with E-state index < -0.39 is 13.2 Å². The van der Waals surface area contributed by atoms with Crippen LogP contribution in [-0.4, -0.2) is 9.79 Å². The minimum atomic E-state index is -4.11. The first-order valence-corrected chi connectivity index (χ1v) is 6.73. The van der Waals surface area contributed by atoms with Crippen LogP contribution in [0.1, 0.15) is 11.1 Å². The first-order chi connectivity index (χ1) is 7.85. The Balaban J connectivity index is 2.58. The third-order valence-corrected chi connectivity index (χ3v) is 3.18. The molecule has 0 aliphatic rings. The molecule has 0 fully saturated rings. The molecule has 2 aromatic rings. The van der Waals surface area contributed by atoms with Crippen LogP contribution in [-0.2, 0) is 10.7 Å². The maximum atomic E-state index is 11.2. The number of hydrogen-bond acceptors (Lipinski definition) is 3. The van der Waals surface area contributed by atoms with Gasteiger partial charge < -0.3 is 14.2 Å². The van der Waals surface area contributed by atoms with Gasteiger partial charge in [0.2, 0.25) is 0 Å². The molecule has 0 saturated heterocycles. The molecule has 0 atom stereocenters. The van der Waals surface area contributed by atoms with E-state index in [0.29, 0.717) is 11.1 Å². The molecule has 0 radical (unpaired) electrons. The Hall–Kier alpha value is -1.42. The number of hydrogen-bond donors (Lipinski definition) is 2. The van der Waals surface area contributed by atoms with Crippen molar-refractivity contribution in [2.75, 3.05) is 0 Å². The minimum Gasteiger partial charge on any atom is -0.423 e. The monoisotopic (exact) mass is 254 g/mol.